The Balaban J connectivity index is 0.00000102. The number of hydrogen-bond donors (Lipinski definition) is 1. The Labute approximate surface area is 224 Å². The van der Waals surface area contributed by atoms with Crippen LogP contribution in [0.3, 0.4) is 0 Å². The van der Waals surface area contributed by atoms with Crippen molar-refractivity contribution < 1.29 is 9.26 Å². The number of rotatable bonds is 9. The molecule has 2 fully saturated rings. The number of likely N-dealkylation sites (tertiary alicyclic amines) is 1. The molecule has 3 aromatic rings. The fraction of sp³-hybridized carbons (Fsp3) is 0.552. The molecular weight excluding hydrogens is 482 g/mol. The lowest BCUT2D eigenvalue weighted by atomic mass is 9.91. The van der Waals surface area contributed by atoms with Crippen LogP contribution >= 0.6 is 11.8 Å². The van der Waals surface area contributed by atoms with Crippen molar-refractivity contribution in [1.29, 1.82) is 5.26 Å². The van der Waals surface area contributed by atoms with Crippen LogP contribution in [-0.4, -0.2) is 55.1 Å². The molecule has 1 saturated heterocycles. The summed E-state index contributed by atoms with van der Waals surface area (Å²) in [4.78, 5) is 7.16. The van der Waals surface area contributed by atoms with Crippen molar-refractivity contribution >= 4 is 22.7 Å². The van der Waals surface area contributed by atoms with Crippen LogP contribution in [0.5, 0.6) is 5.75 Å². The Bertz CT molecular complexity index is 1210. The second kappa shape index (κ2) is 13.3. The lowest BCUT2D eigenvalue weighted by Crippen LogP contribution is -2.33. The van der Waals surface area contributed by atoms with E-state index in [1.807, 2.05) is 32.5 Å². The van der Waals surface area contributed by atoms with Gasteiger partial charge in [-0.2, -0.15) is 5.26 Å². The maximum Gasteiger partial charge on any atom is 0.173 e. The first-order valence-electron chi connectivity index (χ1n) is 13.3. The monoisotopic (exact) mass is 521 g/mol. The van der Waals surface area contributed by atoms with Gasteiger partial charge in [0.1, 0.15) is 16.8 Å². The molecule has 1 aliphatic heterocycles. The topological polar surface area (TPSA) is 87.2 Å². The van der Waals surface area contributed by atoms with Crippen molar-refractivity contribution in [2.24, 2.45) is 11.8 Å². The molecule has 3 heterocycles. The van der Waals surface area contributed by atoms with E-state index in [1.165, 1.54) is 37.4 Å². The minimum Gasteiger partial charge on any atom is -0.493 e. The minimum atomic E-state index is 0.660. The number of fused-ring (bicyclic) bond motifs is 1. The van der Waals surface area contributed by atoms with Gasteiger partial charge in [-0.1, -0.05) is 5.16 Å². The predicted molar refractivity (Wildman–Crippen MR) is 149 cm³/mol. The van der Waals surface area contributed by atoms with E-state index < -0.39 is 0 Å². The number of nitrogens with one attached hydrogen (secondary N) is 1. The molecule has 0 spiro atoms. The van der Waals surface area contributed by atoms with Crippen LogP contribution in [0, 0.1) is 30.1 Å². The third-order valence-electron chi connectivity index (χ3n) is 7.20. The number of thioether (sulfide) groups is 1. The molecule has 0 atom stereocenters. The predicted octanol–water partition coefficient (Wildman–Crippen LogP) is 5.59. The third kappa shape index (κ3) is 7.25. The number of pyridine rings is 1. The van der Waals surface area contributed by atoms with Gasteiger partial charge in [-0.3, -0.25) is 4.90 Å². The number of benzene rings is 1. The average Bonchev–Trinajstić information content (AvgIpc) is 3.66. The maximum absolute atomic E-state index is 9.21. The zero-order valence-electron chi connectivity index (χ0n) is 22.5. The molecule has 1 saturated carbocycles. The Morgan fingerprint density at radius 1 is 1.14 bits per heavy atom. The van der Waals surface area contributed by atoms with Crippen LogP contribution < -0.4 is 10.1 Å². The molecule has 7 nitrogen and oxygen atoms in total. The summed E-state index contributed by atoms with van der Waals surface area (Å²) in [5, 5.41) is 18.3. The molecule has 0 radical (unpaired) electrons. The Hall–Kier alpha value is -2.60. The molecular formula is C29H39N5O2S. The first kappa shape index (κ1) is 27.4. The summed E-state index contributed by atoms with van der Waals surface area (Å²) in [5.41, 5.74) is 4.71. The van der Waals surface area contributed by atoms with E-state index in [1.54, 1.807) is 0 Å². The third-order valence-corrected chi connectivity index (χ3v) is 7.90. The zero-order valence-corrected chi connectivity index (χ0v) is 23.4. The van der Waals surface area contributed by atoms with E-state index in [0.29, 0.717) is 11.5 Å². The second-order valence-corrected chi connectivity index (χ2v) is 11.0. The van der Waals surface area contributed by atoms with Crippen molar-refractivity contribution in [1.82, 2.24) is 20.4 Å². The second-order valence-electron chi connectivity index (χ2n) is 10.2. The Morgan fingerprint density at radius 2 is 1.89 bits per heavy atom. The first-order chi connectivity index (χ1) is 18.1. The smallest absolute Gasteiger partial charge is 0.173 e. The fourth-order valence-corrected chi connectivity index (χ4v) is 5.35. The number of nitrogens with zero attached hydrogens (tertiary/aromatic N) is 4. The molecule has 198 valence electrons. The standard InChI is InChI=1S/C27H32N4O2S.C2H7N/c1-18-25(32-17-20-3-4-20)10-8-23-24(30-33-26(18)23)9-5-19-11-13-31(14-12-19)16-22-7-6-21(15-28)27(29-22)34-2;1-3-2/h6-8,10,19-20H,3-5,9,11-14,16-17H2,1-2H3;3H,1-2H3. The number of hydrogen-bond acceptors (Lipinski definition) is 8. The summed E-state index contributed by atoms with van der Waals surface area (Å²) in [6.45, 7) is 5.90. The van der Waals surface area contributed by atoms with E-state index >= 15 is 0 Å². The normalized spacial score (nSPS) is 16.3. The molecule has 0 amide bonds. The molecule has 2 aliphatic rings. The molecule has 2 aromatic heterocycles. The van der Waals surface area contributed by atoms with Gasteiger partial charge in [0.25, 0.3) is 0 Å². The summed E-state index contributed by atoms with van der Waals surface area (Å²) in [6, 6.07) is 10.3. The summed E-state index contributed by atoms with van der Waals surface area (Å²) in [7, 11) is 3.75. The van der Waals surface area contributed by atoms with Crippen LogP contribution in [0.1, 0.15) is 54.6 Å². The van der Waals surface area contributed by atoms with Gasteiger partial charge in [-0.25, -0.2) is 4.98 Å². The summed E-state index contributed by atoms with van der Waals surface area (Å²) >= 11 is 1.54. The number of aromatic nitrogens is 2. The van der Waals surface area contributed by atoms with Crippen molar-refractivity contribution in [2.75, 3.05) is 40.0 Å². The highest BCUT2D eigenvalue weighted by Gasteiger charge is 2.24. The summed E-state index contributed by atoms with van der Waals surface area (Å²) in [6.07, 6.45) is 9.03. The van der Waals surface area contributed by atoms with Crippen molar-refractivity contribution in [2.45, 2.75) is 57.0 Å². The first-order valence-corrected chi connectivity index (χ1v) is 14.5. The van der Waals surface area contributed by atoms with Crippen LogP contribution in [0.25, 0.3) is 11.0 Å². The fourth-order valence-electron chi connectivity index (χ4n) is 4.81. The van der Waals surface area contributed by atoms with Gasteiger partial charge in [-0.05, 0) is 115 Å². The molecule has 1 aliphatic carbocycles. The van der Waals surface area contributed by atoms with Gasteiger partial charge in [0.2, 0.25) is 0 Å². The SMILES string of the molecule is CNC.CSc1nc(CN2CCC(CCc3noc4c(C)c(OCC5CC5)ccc34)CC2)ccc1C#N. The minimum absolute atomic E-state index is 0.660. The van der Waals surface area contributed by atoms with Gasteiger partial charge in [0.15, 0.2) is 5.58 Å². The quantitative estimate of drug-likeness (QED) is 0.365. The Kier molecular flexibility index (Phi) is 9.84. The van der Waals surface area contributed by atoms with Crippen molar-refractivity contribution in [3.8, 4) is 11.8 Å². The lowest BCUT2D eigenvalue weighted by molar-refractivity contribution is 0.170. The van der Waals surface area contributed by atoms with Gasteiger partial charge >= 0.3 is 0 Å². The summed E-state index contributed by atoms with van der Waals surface area (Å²) < 4.78 is 11.7. The molecule has 0 unspecified atom stereocenters. The lowest BCUT2D eigenvalue weighted by Gasteiger charge is -2.31. The van der Waals surface area contributed by atoms with Crippen molar-refractivity contribution in [3.05, 3.63) is 46.8 Å². The van der Waals surface area contributed by atoms with E-state index in [9.17, 15) is 5.26 Å². The highest BCUT2D eigenvalue weighted by atomic mass is 32.2. The van der Waals surface area contributed by atoms with Gasteiger partial charge in [0, 0.05) is 17.5 Å². The Morgan fingerprint density at radius 3 is 2.57 bits per heavy atom. The highest BCUT2D eigenvalue weighted by molar-refractivity contribution is 7.98. The van der Waals surface area contributed by atoms with E-state index in [0.717, 1.165) is 83.7 Å². The van der Waals surface area contributed by atoms with Crippen molar-refractivity contribution in [3.63, 3.8) is 0 Å². The molecule has 0 bridgehead atoms. The molecule has 8 heteroatoms. The number of aryl methyl sites for hydroxylation is 2. The van der Waals surface area contributed by atoms with Crippen LogP contribution in [0.15, 0.2) is 33.8 Å². The molecule has 1 N–H and O–H groups in total. The largest absolute Gasteiger partial charge is 0.493 e. The van der Waals surface area contributed by atoms with E-state index in [2.05, 4.69) is 45.5 Å². The molecule has 37 heavy (non-hydrogen) atoms. The number of nitriles is 1. The van der Waals surface area contributed by atoms with E-state index in [4.69, 9.17) is 9.26 Å². The average molecular weight is 522 g/mol. The summed E-state index contributed by atoms with van der Waals surface area (Å²) in [5.74, 6) is 2.37. The van der Waals surface area contributed by atoms with Gasteiger partial charge in [-0.15, -0.1) is 11.8 Å². The van der Waals surface area contributed by atoms with Crippen LogP contribution in [0.2, 0.25) is 0 Å². The molecule has 5 rings (SSSR count). The van der Waals surface area contributed by atoms with Crippen LogP contribution in [0.4, 0.5) is 0 Å². The van der Waals surface area contributed by atoms with Crippen LogP contribution in [-0.2, 0) is 13.0 Å². The highest BCUT2D eigenvalue weighted by Crippen LogP contribution is 2.34. The van der Waals surface area contributed by atoms with Gasteiger partial charge in [0.05, 0.1) is 23.6 Å². The van der Waals surface area contributed by atoms with Gasteiger partial charge < -0.3 is 14.6 Å². The maximum atomic E-state index is 9.21. The number of piperidine rings is 1. The van der Waals surface area contributed by atoms with E-state index in [-0.39, 0.29) is 0 Å². The molecule has 1 aromatic carbocycles. The zero-order chi connectivity index (χ0) is 26.2. The number of ether oxygens (including phenoxy) is 1.